The molecule has 1 aliphatic rings. The second kappa shape index (κ2) is 5.89. The molecular formula is C10H15NO4S. The molecule has 16 heavy (non-hydrogen) atoms. The number of hydrogen-bond acceptors (Lipinski definition) is 4. The lowest BCUT2D eigenvalue weighted by atomic mass is 10.1. The first kappa shape index (κ1) is 13.0. The van der Waals surface area contributed by atoms with Crippen molar-refractivity contribution in [2.24, 2.45) is 5.92 Å². The number of likely N-dealkylation sites (tertiary alicyclic amines) is 1. The molecule has 1 N–H and O–H groups in total. The number of carboxylic acids is 1. The van der Waals surface area contributed by atoms with Crippen LogP contribution in [0.25, 0.3) is 0 Å². The van der Waals surface area contributed by atoms with Crippen molar-refractivity contribution >= 4 is 28.8 Å². The first-order valence-electron chi connectivity index (χ1n) is 5.12. The molecule has 1 fully saturated rings. The van der Waals surface area contributed by atoms with Crippen LogP contribution in [0.1, 0.15) is 19.8 Å². The fourth-order valence-corrected chi connectivity index (χ4v) is 2.34. The number of hydrogen-bond donors (Lipinski definition) is 1. The van der Waals surface area contributed by atoms with Crippen molar-refractivity contribution in [1.82, 2.24) is 4.90 Å². The van der Waals surface area contributed by atoms with Crippen molar-refractivity contribution in [2.45, 2.75) is 19.8 Å². The molecule has 0 saturated carbocycles. The molecule has 6 heteroatoms. The minimum atomic E-state index is -0.894. The summed E-state index contributed by atoms with van der Waals surface area (Å²) in [5.74, 6) is -0.0788. The van der Waals surface area contributed by atoms with Gasteiger partial charge in [-0.05, 0) is 5.92 Å². The smallest absolute Gasteiger partial charge is 0.305 e. The third kappa shape index (κ3) is 4.22. The highest BCUT2D eigenvalue weighted by molar-refractivity contribution is 8.13. The van der Waals surface area contributed by atoms with Gasteiger partial charge in [0.1, 0.15) is 0 Å². The molecule has 90 valence electrons. The Labute approximate surface area is 98.2 Å². The number of rotatable bonds is 5. The Morgan fingerprint density at radius 1 is 1.56 bits per heavy atom. The van der Waals surface area contributed by atoms with E-state index in [0.29, 0.717) is 18.7 Å². The maximum Gasteiger partial charge on any atom is 0.305 e. The molecule has 5 nitrogen and oxygen atoms in total. The summed E-state index contributed by atoms with van der Waals surface area (Å²) in [6.07, 6.45) is 0.415. The van der Waals surface area contributed by atoms with Crippen LogP contribution in [-0.4, -0.2) is 45.8 Å². The van der Waals surface area contributed by atoms with E-state index in [9.17, 15) is 14.4 Å². The Morgan fingerprint density at radius 2 is 2.25 bits per heavy atom. The Bertz CT molecular complexity index is 305. The molecule has 1 unspecified atom stereocenters. The molecule has 1 saturated heterocycles. The third-order valence-electron chi connectivity index (χ3n) is 2.41. The van der Waals surface area contributed by atoms with Gasteiger partial charge in [0.25, 0.3) is 0 Å². The van der Waals surface area contributed by atoms with Gasteiger partial charge >= 0.3 is 5.97 Å². The summed E-state index contributed by atoms with van der Waals surface area (Å²) in [5.41, 5.74) is 0. The van der Waals surface area contributed by atoms with Crippen molar-refractivity contribution < 1.29 is 19.5 Å². The summed E-state index contributed by atoms with van der Waals surface area (Å²) in [7, 11) is 0. The number of thioether (sulfide) groups is 1. The van der Waals surface area contributed by atoms with Gasteiger partial charge in [0.05, 0.1) is 6.42 Å². The van der Waals surface area contributed by atoms with E-state index in [4.69, 9.17) is 5.11 Å². The van der Waals surface area contributed by atoms with Crippen LogP contribution in [0.3, 0.4) is 0 Å². The highest BCUT2D eigenvalue weighted by atomic mass is 32.2. The normalized spacial score (nSPS) is 20.2. The van der Waals surface area contributed by atoms with Crippen LogP contribution < -0.4 is 0 Å². The van der Waals surface area contributed by atoms with E-state index in [0.717, 1.165) is 0 Å². The van der Waals surface area contributed by atoms with Gasteiger partial charge < -0.3 is 10.0 Å². The van der Waals surface area contributed by atoms with Crippen LogP contribution >= 0.6 is 11.8 Å². The van der Waals surface area contributed by atoms with E-state index in [1.165, 1.54) is 18.7 Å². The molecular weight excluding hydrogens is 230 g/mol. The zero-order chi connectivity index (χ0) is 12.1. The molecule has 1 rings (SSSR count). The molecule has 0 aromatic heterocycles. The van der Waals surface area contributed by atoms with E-state index in [-0.39, 0.29) is 29.9 Å². The van der Waals surface area contributed by atoms with Gasteiger partial charge in [-0.25, -0.2) is 0 Å². The Balaban J connectivity index is 2.32. The van der Waals surface area contributed by atoms with Gasteiger partial charge in [-0.1, -0.05) is 11.8 Å². The number of carbonyl (C=O) groups is 3. The average Bonchev–Trinajstić information content (AvgIpc) is 2.53. The van der Waals surface area contributed by atoms with Crippen LogP contribution in [0.2, 0.25) is 0 Å². The molecule has 0 aromatic rings. The molecule has 1 atom stereocenters. The maximum absolute atomic E-state index is 11.5. The Kier molecular flexibility index (Phi) is 4.79. The van der Waals surface area contributed by atoms with E-state index in [2.05, 4.69) is 0 Å². The number of nitrogens with zero attached hydrogens (tertiary/aromatic N) is 1. The highest BCUT2D eigenvalue weighted by Crippen LogP contribution is 2.22. The first-order chi connectivity index (χ1) is 7.49. The molecule has 1 heterocycles. The van der Waals surface area contributed by atoms with Gasteiger partial charge in [0.2, 0.25) is 5.91 Å². The predicted molar refractivity (Wildman–Crippen MR) is 60.1 cm³/mol. The van der Waals surface area contributed by atoms with E-state index < -0.39 is 5.97 Å². The number of aliphatic carboxylic acids is 1. The lowest BCUT2D eigenvalue weighted by Crippen LogP contribution is -2.28. The largest absolute Gasteiger partial charge is 0.481 e. The van der Waals surface area contributed by atoms with Gasteiger partial charge in [0.15, 0.2) is 5.12 Å². The fourth-order valence-electron chi connectivity index (χ4n) is 1.65. The van der Waals surface area contributed by atoms with Crippen molar-refractivity contribution in [1.29, 1.82) is 0 Å². The zero-order valence-corrected chi connectivity index (χ0v) is 9.96. The fraction of sp³-hybridized carbons (Fsp3) is 0.700. The average molecular weight is 245 g/mol. The second-order valence-corrected chi connectivity index (χ2v) is 5.05. The summed E-state index contributed by atoms with van der Waals surface area (Å²) in [6.45, 7) is 2.35. The SMILES string of the molecule is CC(=O)SCC1CC(=O)N(CCC(=O)O)C1. The third-order valence-corrected chi connectivity index (χ3v) is 3.46. The van der Waals surface area contributed by atoms with Crippen LogP contribution in [-0.2, 0) is 14.4 Å². The number of carbonyl (C=O) groups excluding carboxylic acids is 2. The van der Waals surface area contributed by atoms with Crippen molar-refractivity contribution in [3.8, 4) is 0 Å². The standard InChI is InChI=1S/C10H15NO4S/c1-7(12)16-6-8-4-9(13)11(5-8)3-2-10(14)15/h8H,2-6H2,1H3,(H,14,15). The van der Waals surface area contributed by atoms with Gasteiger partial charge in [-0.15, -0.1) is 0 Å². The molecule has 0 aliphatic carbocycles. The summed E-state index contributed by atoms with van der Waals surface area (Å²) in [6, 6.07) is 0. The second-order valence-electron chi connectivity index (χ2n) is 3.86. The van der Waals surface area contributed by atoms with Gasteiger partial charge in [-0.2, -0.15) is 0 Å². The first-order valence-corrected chi connectivity index (χ1v) is 6.10. The van der Waals surface area contributed by atoms with Crippen LogP contribution in [0, 0.1) is 5.92 Å². The van der Waals surface area contributed by atoms with Crippen LogP contribution in [0.15, 0.2) is 0 Å². The Morgan fingerprint density at radius 3 is 2.81 bits per heavy atom. The minimum Gasteiger partial charge on any atom is -0.481 e. The van der Waals surface area contributed by atoms with Crippen LogP contribution in [0.4, 0.5) is 0 Å². The molecule has 0 bridgehead atoms. The minimum absolute atomic E-state index is 0.00426. The van der Waals surface area contributed by atoms with Crippen LogP contribution in [0.5, 0.6) is 0 Å². The van der Waals surface area contributed by atoms with Crippen molar-refractivity contribution in [3.63, 3.8) is 0 Å². The topological polar surface area (TPSA) is 74.7 Å². The lowest BCUT2D eigenvalue weighted by molar-refractivity contribution is -0.138. The number of amides is 1. The Hall–Kier alpha value is -1.04. The summed E-state index contributed by atoms with van der Waals surface area (Å²) < 4.78 is 0. The monoisotopic (exact) mass is 245 g/mol. The zero-order valence-electron chi connectivity index (χ0n) is 9.14. The summed E-state index contributed by atoms with van der Waals surface area (Å²) >= 11 is 1.22. The van der Waals surface area contributed by atoms with Gasteiger partial charge in [-0.3, -0.25) is 14.4 Å². The van der Waals surface area contributed by atoms with Gasteiger partial charge in [0, 0.05) is 32.2 Å². The maximum atomic E-state index is 11.5. The van der Waals surface area contributed by atoms with Crippen molar-refractivity contribution in [2.75, 3.05) is 18.8 Å². The van der Waals surface area contributed by atoms with E-state index >= 15 is 0 Å². The van der Waals surface area contributed by atoms with Crippen molar-refractivity contribution in [3.05, 3.63) is 0 Å². The van der Waals surface area contributed by atoms with E-state index in [1.54, 1.807) is 4.90 Å². The quantitative estimate of drug-likeness (QED) is 0.767. The van der Waals surface area contributed by atoms with E-state index in [1.807, 2.05) is 0 Å². The predicted octanol–water partition coefficient (Wildman–Crippen LogP) is 0.589. The molecule has 0 aromatic carbocycles. The molecule has 1 amide bonds. The summed E-state index contributed by atoms with van der Waals surface area (Å²) in [4.78, 5) is 34.2. The highest BCUT2D eigenvalue weighted by Gasteiger charge is 2.29. The molecule has 0 radical (unpaired) electrons. The molecule has 1 aliphatic heterocycles. The molecule has 0 spiro atoms. The lowest BCUT2D eigenvalue weighted by Gasteiger charge is -2.14. The summed E-state index contributed by atoms with van der Waals surface area (Å²) in [5, 5.41) is 8.57. The number of carboxylic acid groups (broad SMARTS) is 1.